The summed E-state index contributed by atoms with van der Waals surface area (Å²) in [6.45, 7) is 2.82. The highest BCUT2D eigenvalue weighted by Crippen LogP contribution is 2.26. The van der Waals surface area contributed by atoms with Gasteiger partial charge in [0.15, 0.2) is 0 Å². The van der Waals surface area contributed by atoms with E-state index < -0.39 is 0 Å². The predicted molar refractivity (Wildman–Crippen MR) is 109 cm³/mol. The molecule has 2 fully saturated rings. The van der Waals surface area contributed by atoms with Crippen molar-refractivity contribution in [2.75, 3.05) is 19.6 Å². The van der Waals surface area contributed by atoms with Crippen molar-refractivity contribution in [2.24, 2.45) is 0 Å². The van der Waals surface area contributed by atoms with Crippen LogP contribution in [0.25, 0.3) is 0 Å². The van der Waals surface area contributed by atoms with Gasteiger partial charge in [-0.15, -0.1) is 0 Å². The maximum atomic E-state index is 13.3. The minimum atomic E-state index is -0.237. The van der Waals surface area contributed by atoms with Crippen LogP contribution >= 0.6 is 0 Å². The topological polar surface area (TPSA) is 54.3 Å². The molecule has 1 aliphatic heterocycles. The number of piperidine rings is 1. The van der Waals surface area contributed by atoms with Crippen molar-refractivity contribution < 1.29 is 9.18 Å². The molecule has 1 aliphatic carbocycles. The molecule has 1 amide bonds. The second kappa shape index (κ2) is 9.48. The number of hydrogen-bond acceptors (Lipinski definition) is 4. The van der Waals surface area contributed by atoms with Crippen LogP contribution in [0.1, 0.15) is 56.6 Å². The van der Waals surface area contributed by atoms with E-state index in [2.05, 4.69) is 19.9 Å². The lowest BCUT2D eigenvalue weighted by Gasteiger charge is -2.37. The molecule has 6 nitrogen and oxygen atoms in total. The summed E-state index contributed by atoms with van der Waals surface area (Å²) in [6.07, 6.45) is 11.1. The molecular formula is C22H30FN5O. The van der Waals surface area contributed by atoms with Crippen LogP contribution in [-0.4, -0.2) is 56.1 Å². The maximum absolute atomic E-state index is 13.3. The van der Waals surface area contributed by atoms with Crippen LogP contribution in [0, 0.1) is 5.82 Å². The average molecular weight is 400 g/mol. The van der Waals surface area contributed by atoms with Gasteiger partial charge >= 0.3 is 0 Å². The zero-order chi connectivity index (χ0) is 20.1. The van der Waals surface area contributed by atoms with Crippen molar-refractivity contribution in [1.82, 2.24) is 24.6 Å². The third kappa shape index (κ3) is 5.21. The molecule has 0 radical (unpaired) electrons. The summed E-state index contributed by atoms with van der Waals surface area (Å²) in [5, 5.41) is 4.25. The van der Waals surface area contributed by atoms with E-state index in [0.717, 1.165) is 44.3 Å². The molecule has 4 rings (SSSR count). The normalized spacial score (nSPS) is 19.3. The zero-order valence-corrected chi connectivity index (χ0v) is 16.9. The fourth-order valence-corrected chi connectivity index (χ4v) is 4.63. The summed E-state index contributed by atoms with van der Waals surface area (Å²) in [5.74, 6) is -0.0417. The van der Waals surface area contributed by atoms with E-state index in [4.69, 9.17) is 0 Å². The van der Waals surface area contributed by atoms with Crippen LogP contribution in [0.4, 0.5) is 4.39 Å². The van der Waals surface area contributed by atoms with E-state index >= 15 is 0 Å². The van der Waals surface area contributed by atoms with Crippen LogP contribution in [0.2, 0.25) is 0 Å². The highest BCUT2D eigenvalue weighted by molar-refractivity contribution is 5.78. The van der Waals surface area contributed by atoms with E-state index in [9.17, 15) is 9.18 Å². The molecule has 0 unspecified atom stereocenters. The Hall–Kier alpha value is -2.28. The lowest BCUT2D eigenvalue weighted by molar-refractivity contribution is -0.136. The molecule has 29 heavy (non-hydrogen) atoms. The number of nitrogens with zero attached hydrogens (tertiary/aromatic N) is 5. The first-order chi connectivity index (χ1) is 14.2. The van der Waals surface area contributed by atoms with Gasteiger partial charge < -0.3 is 4.90 Å². The number of rotatable bonds is 6. The van der Waals surface area contributed by atoms with Crippen molar-refractivity contribution in [3.8, 4) is 0 Å². The molecule has 2 aromatic rings. The summed E-state index contributed by atoms with van der Waals surface area (Å²) < 4.78 is 15.2. The van der Waals surface area contributed by atoms with Crippen molar-refractivity contribution >= 4 is 5.91 Å². The first-order valence-electron chi connectivity index (χ1n) is 10.8. The van der Waals surface area contributed by atoms with E-state index in [-0.39, 0.29) is 11.7 Å². The summed E-state index contributed by atoms with van der Waals surface area (Å²) in [4.78, 5) is 21.6. The van der Waals surface area contributed by atoms with Gasteiger partial charge in [0.2, 0.25) is 5.91 Å². The molecule has 156 valence electrons. The molecule has 1 saturated carbocycles. The number of benzene rings is 1. The Morgan fingerprint density at radius 3 is 2.45 bits per heavy atom. The SMILES string of the molecule is O=C(CN1CCC(n2cncn2)CC1)N(Cc1ccc(F)cc1)C1CCCCC1. The Labute approximate surface area is 171 Å². The second-order valence-electron chi connectivity index (χ2n) is 8.32. The van der Waals surface area contributed by atoms with Crippen molar-refractivity contribution in [3.05, 3.63) is 48.3 Å². The highest BCUT2D eigenvalue weighted by Gasteiger charge is 2.28. The maximum Gasteiger partial charge on any atom is 0.237 e. The standard InChI is InChI=1S/C22H30FN5O/c23-19-8-6-18(7-9-19)14-27(20-4-2-1-3-5-20)22(29)15-26-12-10-21(11-13-26)28-17-24-16-25-28/h6-9,16-17,20-21H,1-5,10-15H2. The highest BCUT2D eigenvalue weighted by atomic mass is 19.1. The van der Waals surface area contributed by atoms with Gasteiger partial charge in [-0.1, -0.05) is 31.4 Å². The lowest BCUT2D eigenvalue weighted by Crippen LogP contribution is -2.47. The molecule has 0 N–H and O–H groups in total. The van der Waals surface area contributed by atoms with Gasteiger partial charge in [-0.05, 0) is 43.4 Å². The molecule has 7 heteroatoms. The fraction of sp³-hybridized carbons (Fsp3) is 0.591. The second-order valence-corrected chi connectivity index (χ2v) is 8.32. The molecule has 1 aromatic carbocycles. The quantitative estimate of drug-likeness (QED) is 0.747. The smallest absolute Gasteiger partial charge is 0.237 e. The fourth-order valence-electron chi connectivity index (χ4n) is 4.63. The van der Waals surface area contributed by atoms with Gasteiger partial charge in [-0.25, -0.2) is 14.1 Å². The van der Waals surface area contributed by atoms with Crippen molar-refractivity contribution in [2.45, 2.75) is 63.6 Å². The minimum absolute atomic E-state index is 0.195. The molecule has 2 heterocycles. The van der Waals surface area contributed by atoms with Crippen LogP contribution in [0.15, 0.2) is 36.9 Å². The first kappa shape index (κ1) is 20.0. The number of halogens is 1. The Balaban J connectivity index is 1.37. The minimum Gasteiger partial charge on any atom is -0.334 e. The van der Waals surface area contributed by atoms with Crippen LogP contribution < -0.4 is 0 Å². The molecule has 1 aromatic heterocycles. The molecule has 0 atom stereocenters. The van der Waals surface area contributed by atoms with Gasteiger partial charge in [0.05, 0.1) is 12.6 Å². The summed E-state index contributed by atoms with van der Waals surface area (Å²) >= 11 is 0. The number of aromatic nitrogens is 3. The zero-order valence-electron chi connectivity index (χ0n) is 16.9. The van der Waals surface area contributed by atoms with Crippen LogP contribution in [-0.2, 0) is 11.3 Å². The molecule has 1 saturated heterocycles. The lowest BCUT2D eigenvalue weighted by atomic mass is 9.93. The molecule has 0 spiro atoms. The first-order valence-corrected chi connectivity index (χ1v) is 10.8. The van der Waals surface area contributed by atoms with E-state index in [0.29, 0.717) is 25.2 Å². The molecule has 2 aliphatic rings. The number of hydrogen-bond donors (Lipinski definition) is 0. The third-order valence-corrected chi connectivity index (χ3v) is 6.33. The number of amides is 1. The number of carbonyl (C=O) groups is 1. The summed E-state index contributed by atoms with van der Waals surface area (Å²) in [5.41, 5.74) is 0.996. The summed E-state index contributed by atoms with van der Waals surface area (Å²) in [7, 11) is 0. The van der Waals surface area contributed by atoms with Gasteiger partial charge in [0.25, 0.3) is 0 Å². The molecular weight excluding hydrogens is 369 g/mol. The van der Waals surface area contributed by atoms with Gasteiger partial charge in [-0.2, -0.15) is 5.10 Å². The Morgan fingerprint density at radius 2 is 1.79 bits per heavy atom. The Bertz CT molecular complexity index is 765. The van der Waals surface area contributed by atoms with E-state index in [1.165, 1.54) is 31.4 Å². The van der Waals surface area contributed by atoms with Gasteiger partial charge in [0.1, 0.15) is 18.5 Å². The predicted octanol–water partition coefficient (Wildman–Crippen LogP) is 3.42. The Morgan fingerprint density at radius 1 is 1.07 bits per heavy atom. The van der Waals surface area contributed by atoms with E-state index in [1.54, 1.807) is 24.8 Å². The van der Waals surface area contributed by atoms with Gasteiger partial charge in [0, 0.05) is 25.7 Å². The van der Waals surface area contributed by atoms with Gasteiger partial charge in [-0.3, -0.25) is 9.69 Å². The van der Waals surface area contributed by atoms with Crippen molar-refractivity contribution in [3.63, 3.8) is 0 Å². The largest absolute Gasteiger partial charge is 0.334 e. The third-order valence-electron chi connectivity index (χ3n) is 6.33. The average Bonchev–Trinajstić information content (AvgIpc) is 3.29. The Kier molecular flexibility index (Phi) is 6.54. The number of likely N-dealkylation sites (tertiary alicyclic amines) is 1. The summed E-state index contributed by atoms with van der Waals surface area (Å²) in [6, 6.07) is 7.22. The van der Waals surface area contributed by atoms with Crippen LogP contribution in [0.5, 0.6) is 0 Å². The molecule has 0 bridgehead atoms. The monoisotopic (exact) mass is 399 g/mol. The number of carbonyl (C=O) groups excluding carboxylic acids is 1. The van der Waals surface area contributed by atoms with Crippen LogP contribution in [0.3, 0.4) is 0 Å². The van der Waals surface area contributed by atoms with E-state index in [1.807, 2.05) is 4.68 Å². The van der Waals surface area contributed by atoms with Crippen molar-refractivity contribution in [1.29, 1.82) is 0 Å².